The van der Waals surface area contributed by atoms with Crippen LogP contribution in [-0.2, 0) is 23.7 Å². The van der Waals surface area contributed by atoms with Crippen LogP contribution >= 0.6 is 0 Å². The summed E-state index contributed by atoms with van der Waals surface area (Å²) in [5, 5.41) is 2.80. The van der Waals surface area contributed by atoms with Gasteiger partial charge in [0.05, 0.1) is 4.90 Å². The van der Waals surface area contributed by atoms with E-state index in [-0.39, 0.29) is 10.8 Å². The molecule has 1 aliphatic heterocycles. The first-order valence-corrected chi connectivity index (χ1v) is 12.0. The Bertz CT molecular complexity index is 1170. The summed E-state index contributed by atoms with van der Waals surface area (Å²) < 4.78 is 34.6. The fourth-order valence-electron chi connectivity index (χ4n) is 3.55. The lowest BCUT2D eigenvalue weighted by Gasteiger charge is -2.25. The van der Waals surface area contributed by atoms with Gasteiger partial charge in [0.15, 0.2) is 0 Å². The second-order valence-electron chi connectivity index (χ2n) is 7.71. The van der Waals surface area contributed by atoms with E-state index < -0.39 is 10.0 Å². The Kier molecular flexibility index (Phi) is 6.57. The molecule has 2 aromatic carbocycles. The molecule has 32 heavy (non-hydrogen) atoms. The lowest BCUT2D eigenvalue weighted by atomic mass is 10.2. The number of ether oxygens (including phenoxy) is 1. The maximum atomic E-state index is 12.7. The highest BCUT2D eigenvalue weighted by molar-refractivity contribution is 7.89. The summed E-state index contributed by atoms with van der Waals surface area (Å²) in [6, 6.07) is 13.1. The van der Waals surface area contributed by atoms with Crippen molar-refractivity contribution in [3.63, 3.8) is 0 Å². The summed E-state index contributed by atoms with van der Waals surface area (Å²) >= 11 is 0. The zero-order valence-corrected chi connectivity index (χ0v) is 18.7. The molecule has 0 spiro atoms. The molecule has 0 bridgehead atoms. The minimum absolute atomic E-state index is 0.242. The molecule has 0 unspecified atom stereocenters. The molecule has 1 aliphatic rings. The molecule has 0 radical (unpaired) electrons. The molecule has 0 atom stereocenters. The number of hydrogen-bond donors (Lipinski definition) is 1. The normalized spacial score (nSPS) is 14.8. The summed E-state index contributed by atoms with van der Waals surface area (Å²) in [6.45, 7) is 1.45. The number of nitrogens with one attached hydrogen (secondary N) is 1. The zero-order chi connectivity index (χ0) is 22.6. The van der Waals surface area contributed by atoms with Crippen molar-refractivity contribution < 1.29 is 17.9 Å². The Labute approximate surface area is 187 Å². The van der Waals surface area contributed by atoms with Gasteiger partial charge in [0.25, 0.3) is 5.91 Å². The van der Waals surface area contributed by atoms with Crippen LogP contribution in [0.2, 0.25) is 0 Å². The summed E-state index contributed by atoms with van der Waals surface area (Å²) in [7, 11) is -1.59. The van der Waals surface area contributed by atoms with Crippen LogP contribution in [0.5, 0.6) is 5.75 Å². The fourth-order valence-corrected chi connectivity index (χ4v) is 5.07. The molecule has 1 amide bonds. The number of aromatic nitrogens is 2. The number of hydrogen-bond acceptors (Lipinski definition) is 5. The highest BCUT2D eigenvalue weighted by Gasteiger charge is 2.25. The third kappa shape index (κ3) is 5.00. The van der Waals surface area contributed by atoms with E-state index in [1.165, 1.54) is 16.4 Å². The van der Waals surface area contributed by atoms with Crippen molar-refractivity contribution in [2.75, 3.05) is 18.4 Å². The second kappa shape index (κ2) is 9.54. The van der Waals surface area contributed by atoms with Crippen LogP contribution in [0.25, 0.3) is 0 Å². The summed E-state index contributed by atoms with van der Waals surface area (Å²) in [4.78, 5) is 17.0. The average molecular weight is 455 g/mol. The SMILES string of the molecule is Cn1ccnc1COc1ccc(C(=O)Nc2ccc(S(=O)(=O)N3CCCCC3)cc2)cc1. The summed E-state index contributed by atoms with van der Waals surface area (Å²) in [6.07, 6.45) is 6.40. The van der Waals surface area contributed by atoms with E-state index in [0.717, 1.165) is 25.1 Å². The van der Waals surface area contributed by atoms with Crippen molar-refractivity contribution in [2.45, 2.75) is 30.8 Å². The molecule has 4 rings (SSSR count). The first-order chi connectivity index (χ1) is 15.4. The smallest absolute Gasteiger partial charge is 0.255 e. The van der Waals surface area contributed by atoms with Crippen molar-refractivity contribution in [1.29, 1.82) is 0 Å². The van der Waals surface area contributed by atoms with Gasteiger partial charge in [-0.15, -0.1) is 0 Å². The van der Waals surface area contributed by atoms with E-state index in [0.29, 0.717) is 36.7 Å². The van der Waals surface area contributed by atoms with E-state index >= 15 is 0 Å². The molecule has 9 heteroatoms. The predicted molar refractivity (Wildman–Crippen MR) is 121 cm³/mol. The van der Waals surface area contributed by atoms with Crippen LogP contribution in [0.1, 0.15) is 35.4 Å². The van der Waals surface area contributed by atoms with Crippen LogP contribution in [0.15, 0.2) is 65.8 Å². The standard InChI is InChI=1S/C23H26N4O4S/c1-26-16-13-24-22(26)17-31-20-9-5-18(6-10-20)23(28)25-19-7-11-21(12-8-19)32(29,30)27-14-3-2-4-15-27/h5-13,16H,2-4,14-15,17H2,1H3,(H,25,28). The monoisotopic (exact) mass is 454 g/mol. The van der Waals surface area contributed by atoms with Gasteiger partial charge in [-0.1, -0.05) is 6.42 Å². The lowest BCUT2D eigenvalue weighted by molar-refractivity contribution is 0.102. The molecular formula is C23H26N4O4S. The molecule has 1 aromatic heterocycles. The van der Waals surface area contributed by atoms with Crippen molar-refractivity contribution in [3.05, 3.63) is 72.3 Å². The first kappa shape index (κ1) is 22.0. The number of imidazole rings is 1. The van der Waals surface area contributed by atoms with Gasteiger partial charge in [0.2, 0.25) is 10.0 Å². The van der Waals surface area contributed by atoms with E-state index in [2.05, 4.69) is 10.3 Å². The molecular weight excluding hydrogens is 428 g/mol. The summed E-state index contributed by atoms with van der Waals surface area (Å²) in [5.74, 6) is 1.15. The van der Waals surface area contributed by atoms with Gasteiger partial charge in [-0.3, -0.25) is 4.79 Å². The van der Waals surface area contributed by atoms with Crippen LogP contribution < -0.4 is 10.1 Å². The number of nitrogens with zero attached hydrogens (tertiary/aromatic N) is 3. The van der Waals surface area contributed by atoms with Gasteiger partial charge in [-0.25, -0.2) is 13.4 Å². The second-order valence-corrected chi connectivity index (χ2v) is 9.65. The minimum Gasteiger partial charge on any atom is -0.486 e. The molecule has 1 saturated heterocycles. The third-order valence-corrected chi connectivity index (χ3v) is 7.38. The lowest BCUT2D eigenvalue weighted by Crippen LogP contribution is -2.35. The molecule has 1 N–H and O–H groups in total. The Morgan fingerprint density at radius 3 is 2.34 bits per heavy atom. The number of aryl methyl sites for hydroxylation is 1. The number of amides is 1. The maximum Gasteiger partial charge on any atom is 0.255 e. The van der Waals surface area contributed by atoms with E-state index in [1.54, 1.807) is 42.6 Å². The number of carbonyl (C=O) groups excluding carboxylic acids is 1. The number of benzene rings is 2. The Balaban J connectivity index is 1.35. The highest BCUT2D eigenvalue weighted by atomic mass is 32.2. The zero-order valence-electron chi connectivity index (χ0n) is 17.9. The first-order valence-electron chi connectivity index (χ1n) is 10.5. The maximum absolute atomic E-state index is 12.7. The number of carbonyl (C=O) groups is 1. The van der Waals surface area contributed by atoms with Crippen LogP contribution in [0.3, 0.4) is 0 Å². The largest absolute Gasteiger partial charge is 0.486 e. The van der Waals surface area contributed by atoms with Crippen molar-refractivity contribution in [2.24, 2.45) is 7.05 Å². The van der Waals surface area contributed by atoms with Crippen molar-refractivity contribution >= 4 is 21.6 Å². The number of sulfonamides is 1. The third-order valence-electron chi connectivity index (χ3n) is 5.47. The van der Waals surface area contributed by atoms with Crippen LogP contribution in [0, 0.1) is 0 Å². The van der Waals surface area contributed by atoms with Gasteiger partial charge in [0, 0.05) is 43.8 Å². The molecule has 2 heterocycles. The Morgan fingerprint density at radius 1 is 1.03 bits per heavy atom. The number of rotatable bonds is 7. The number of piperidine rings is 1. The fraction of sp³-hybridized carbons (Fsp3) is 0.304. The molecule has 8 nitrogen and oxygen atoms in total. The summed E-state index contributed by atoms with van der Waals surface area (Å²) in [5.41, 5.74) is 1.00. The van der Waals surface area contributed by atoms with Crippen LogP contribution in [-0.4, -0.2) is 41.3 Å². The van der Waals surface area contributed by atoms with Crippen molar-refractivity contribution in [1.82, 2.24) is 13.9 Å². The number of anilines is 1. The van der Waals surface area contributed by atoms with E-state index in [9.17, 15) is 13.2 Å². The molecule has 1 fully saturated rings. The quantitative estimate of drug-likeness (QED) is 0.590. The molecule has 3 aromatic rings. The molecule has 0 saturated carbocycles. The van der Waals surface area contributed by atoms with Gasteiger partial charge in [0.1, 0.15) is 18.2 Å². The van der Waals surface area contributed by atoms with Gasteiger partial charge in [-0.05, 0) is 61.4 Å². The molecule has 168 valence electrons. The topological polar surface area (TPSA) is 93.5 Å². The van der Waals surface area contributed by atoms with Gasteiger partial charge >= 0.3 is 0 Å². The van der Waals surface area contributed by atoms with E-state index in [4.69, 9.17) is 4.74 Å². The predicted octanol–water partition coefficient (Wildman–Crippen LogP) is 3.43. The minimum atomic E-state index is -3.49. The van der Waals surface area contributed by atoms with Gasteiger partial charge in [-0.2, -0.15) is 4.31 Å². The molecule has 0 aliphatic carbocycles. The average Bonchev–Trinajstić information content (AvgIpc) is 3.23. The van der Waals surface area contributed by atoms with E-state index in [1.807, 2.05) is 17.8 Å². The Morgan fingerprint density at radius 2 is 1.72 bits per heavy atom. The van der Waals surface area contributed by atoms with Crippen LogP contribution in [0.4, 0.5) is 5.69 Å². The van der Waals surface area contributed by atoms with Gasteiger partial charge < -0.3 is 14.6 Å². The van der Waals surface area contributed by atoms with Crippen molar-refractivity contribution in [3.8, 4) is 5.75 Å². The Hall–Kier alpha value is -3.17. The highest BCUT2D eigenvalue weighted by Crippen LogP contribution is 2.22.